The number of hydrogen-bond donors (Lipinski definition) is 2. The molecule has 0 unspecified atom stereocenters. The lowest BCUT2D eigenvalue weighted by Gasteiger charge is -2.21. The molecule has 1 aromatic carbocycles. The molecule has 124 valence electrons. The van der Waals surface area contributed by atoms with Crippen LogP contribution in [0, 0.1) is 5.41 Å². The van der Waals surface area contributed by atoms with Gasteiger partial charge in [0.2, 0.25) is 0 Å². The summed E-state index contributed by atoms with van der Waals surface area (Å²) in [4.78, 5) is 23.2. The van der Waals surface area contributed by atoms with Gasteiger partial charge in [0.15, 0.2) is 0 Å². The van der Waals surface area contributed by atoms with Crippen molar-refractivity contribution in [2.45, 2.75) is 33.4 Å². The normalized spacial score (nSPS) is 14.1. The van der Waals surface area contributed by atoms with Crippen molar-refractivity contribution in [2.24, 2.45) is 11.1 Å². The number of nitrogens with two attached hydrogens (primary N) is 1. The number of fused-ring (bicyclic) bond motifs is 1. The van der Waals surface area contributed by atoms with Crippen molar-refractivity contribution in [1.29, 1.82) is 0 Å². The van der Waals surface area contributed by atoms with Crippen LogP contribution in [0.1, 0.15) is 37.0 Å². The Labute approximate surface area is 135 Å². The number of ether oxygens (including phenoxy) is 1. The summed E-state index contributed by atoms with van der Waals surface area (Å²) >= 11 is 0. The van der Waals surface area contributed by atoms with Crippen LogP contribution in [0.3, 0.4) is 0 Å². The lowest BCUT2D eigenvalue weighted by atomic mass is 9.90. The molecule has 0 aliphatic carbocycles. The maximum absolute atomic E-state index is 11.1. The fourth-order valence-corrected chi connectivity index (χ4v) is 2.57. The second kappa shape index (κ2) is 6.73. The highest BCUT2D eigenvalue weighted by Crippen LogP contribution is 2.28. The number of hydrogen-bond acceptors (Lipinski definition) is 3. The van der Waals surface area contributed by atoms with Crippen molar-refractivity contribution >= 4 is 18.3 Å². The van der Waals surface area contributed by atoms with Gasteiger partial charge in [-0.2, -0.15) is 0 Å². The molecule has 1 heterocycles. The molecule has 3 N–H and O–H groups in total. The van der Waals surface area contributed by atoms with Crippen molar-refractivity contribution in [3.8, 4) is 0 Å². The first-order valence-electron chi connectivity index (χ1n) is 7.46. The third-order valence-electron chi connectivity index (χ3n) is 3.86. The van der Waals surface area contributed by atoms with E-state index >= 15 is 0 Å². The number of benzene rings is 1. The second-order valence-electron chi connectivity index (χ2n) is 6.50. The number of carbonyl (C=O) groups excluding carboxylic acids is 1. The SMILES string of the molecule is CC(C)(CC=Cc1cccc2c1CN(C(=O)O)C2)COC(N)=O. The van der Waals surface area contributed by atoms with E-state index in [4.69, 9.17) is 15.6 Å². The van der Waals surface area contributed by atoms with E-state index in [1.807, 2.05) is 44.2 Å². The van der Waals surface area contributed by atoms with Crippen LogP contribution in [0.2, 0.25) is 0 Å². The highest BCUT2D eigenvalue weighted by molar-refractivity contribution is 5.68. The Morgan fingerprint density at radius 1 is 1.39 bits per heavy atom. The molecule has 0 spiro atoms. The van der Waals surface area contributed by atoms with E-state index in [1.165, 1.54) is 4.90 Å². The summed E-state index contributed by atoms with van der Waals surface area (Å²) < 4.78 is 4.86. The lowest BCUT2D eigenvalue weighted by molar-refractivity contribution is 0.108. The molecule has 0 atom stereocenters. The van der Waals surface area contributed by atoms with Crippen LogP contribution in [0.4, 0.5) is 9.59 Å². The molecule has 2 rings (SSSR count). The van der Waals surface area contributed by atoms with E-state index < -0.39 is 12.2 Å². The van der Waals surface area contributed by atoms with Crippen LogP contribution < -0.4 is 5.73 Å². The Hall–Kier alpha value is -2.50. The standard InChI is InChI=1S/C17H22N2O4/c1-17(2,11-23-15(18)20)8-4-7-12-5-3-6-13-9-19(16(21)22)10-14(12)13/h3-7H,8-11H2,1-2H3,(H2,18,20)(H,21,22). The molecule has 0 fully saturated rings. The summed E-state index contributed by atoms with van der Waals surface area (Å²) in [7, 11) is 0. The Bertz CT molecular complexity index is 637. The molecule has 1 aliphatic rings. The molecule has 2 amide bonds. The number of primary amides is 1. The summed E-state index contributed by atoms with van der Waals surface area (Å²) in [5.74, 6) is 0. The van der Waals surface area contributed by atoms with Gasteiger partial charge in [-0.1, -0.05) is 44.2 Å². The van der Waals surface area contributed by atoms with Crippen LogP contribution in [0.15, 0.2) is 24.3 Å². The minimum absolute atomic E-state index is 0.212. The highest BCUT2D eigenvalue weighted by Gasteiger charge is 2.24. The van der Waals surface area contributed by atoms with Gasteiger partial charge in [-0.15, -0.1) is 0 Å². The smallest absolute Gasteiger partial charge is 0.407 e. The van der Waals surface area contributed by atoms with Gasteiger partial charge < -0.3 is 15.6 Å². The zero-order valence-corrected chi connectivity index (χ0v) is 13.4. The minimum Gasteiger partial charge on any atom is -0.465 e. The highest BCUT2D eigenvalue weighted by atomic mass is 16.5. The summed E-state index contributed by atoms with van der Waals surface area (Å²) in [6.07, 6.45) is 3.06. The van der Waals surface area contributed by atoms with Gasteiger partial charge in [-0.25, -0.2) is 9.59 Å². The van der Waals surface area contributed by atoms with E-state index in [0.29, 0.717) is 19.5 Å². The van der Waals surface area contributed by atoms with Crippen LogP contribution in [0.5, 0.6) is 0 Å². The van der Waals surface area contributed by atoms with Gasteiger partial charge in [0, 0.05) is 12.0 Å². The topological polar surface area (TPSA) is 92.9 Å². The largest absolute Gasteiger partial charge is 0.465 e. The summed E-state index contributed by atoms with van der Waals surface area (Å²) in [6, 6.07) is 5.87. The molecular weight excluding hydrogens is 296 g/mol. The summed E-state index contributed by atoms with van der Waals surface area (Å²) in [5, 5.41) is 9.12. The number of allylic oxidation sites excluding steroid dienone is 1. The second-order valence-corrected chi connectivity index (χ2v) is 6.50. The molecule has 0 aromatic heterocycles. The average molecular weight is 318 g/mol. The van der Waals surface area contributed by atoms with E-state index in [-0.39, 0.29) is 12.0 Å². The van der Waals surface area contributed by atoms with Crippen LogP contribution >= 0.6 is 0 Å². The van der Waals surface area contributed by atoms with Gasteiger partial charge >= 0.3 is 12.2 Å². The Morgan fingerprint density at radius 2 is 2.13 bits per heavy atom. The van der Waals surface area contributed by atoms with E-state index in [2.05, 4.69) is 0 Å². The molecule has 0 radical (unpaired) electrons. The third-order valence-corrected chi connectivity index (χ3v) is 3.86. The summed E-state index contributed by atoms with van der Waals surface area (Å²) in [5.41, 5.74) is 7.90. The fraction of sp³-hybridized carbons (Fsp3) is 0.412. The van der Waals surface area contributed by atoms with Crippen molar-refractivity contribution in [3.05, 3.63) is 41.0 Å². The minimum atomic E-state index is -0.902. The van der Waals surface area contributed by atoms with Crippen LogP contribution in [-0.2, 0) is 17.8 Å². The molecule has 23 heavy (non-hydrogen) atoms. The fourth-order valence-electron chi connectivity index (χ4n) is 2.57. The first-order valence-corrected chi connectivity index (χ1v) is 7.46. The maximum Gasteiger partial charge on any atom is 0.407 e. The van der Waals surface area contributed by atoms with E-state index in [0.717, 1.165) is 16.7 Å². The number of amides is 2. The molecule has 1 aromatic rings. The Balaban J connectivity index is 2.03. The molecule has 1 aliphatic heterocycles. The molecule has 6 heteroatoms. The van der Waals surface area contributed by atoms with Gasteiger partial charge in [-0.3, -0.25) is 4.90 Å². The first kappa shape index (κ1) is 16.9. The van der Waals surface area contributed by atoms with Crippen LogP contribution in [-0.4, -0.2) is 28.8 Å². The Morgan fingerprint density at radius 3 is 2.78 bits per heavy atom. The number of carbonyl (C=O) groups is 2. The quantitative estimate of drug-likeness (QED) is 0.872. The summed E-state index contributed by atoms with van der Waals surface area (Å²) in [6.45, 7) is 5.08. The lowest BCUT2D eigenvalue weighted by Crippen LogP contribution is -2.24. The van der Waals surface area contributed by atoms with Crippen molar-refractivity contribution in [3.63, 3.8) is 0 Å². The predicted octanol–water partition coefficient (Wildman–Crippen LogP) is 3.21. The van der Waals surface area contributed by atoms with Gasteiger partial charge in [-0.05, 0) is 23.1 Å². The molecule has 0 saturated heterocycles. The van der Waals surface area contributed by atoms with Gasteiger partial charge in [0.05, 0.1) is 13.2 Å². The van der Waals surface area contributed by atoms with Gasteiger partial charge in [0.1, 0.15) is 0 Å². The Kier molecular flexibility index (Phi) is 4.93. The maximum atomic E-state index is 11.1. The van der Waals surface area contributed by atoms with Crippen LogP contribution in [0.25, 0.3) is 6.08 Å². The van der Waals surface area contributed by atoms with Crippen molar-refractivity contribution < 1.29 is 19.4 Å². The molecule has 0 bridgehead atoms. The molecule has 6 nitrogen and oxygen atoms in total. The zero-order chi connectivity index (χ0) is 17.0. The predicted molar refractivity (Wildman–Crippen MR) is 86.7 cm³/mol. The third kappa shape index (κ3) is 4.48. The molecular formula is C17H22N2O4. The number of nitrogens with zero attached hydrogens (tertiary/aromatic N) is 1. The number of rotatable bonds is 5. The van der Waals surface area contributed by atoms with E-state index in [1.54, 1.807) is 0 Å². The monoisotopic (exact) mass is 318 g/mol. The van der Waals surface area contributed by atoms with Gasteiger partial charge in [0.25, 0.3) is 0 Å². The molecule has 0 saturated carbocycles. The van der Waals surface area contributed by atoms with Crippen molar-refractivity contribution in [1.82, 2.24) is 4.90 Å². The van der Waals surface area contributed by atoms with Crippen molar-refractivity contribution in [2.75, 3.05) is 6.61 Å². The first-order chi connectivity index (χ1) is 10.8. The van der Waals surface area contributed by atoms with E-state index in [9.17, 15) is 9.59 Å². The average Bonchev–Trinajstić information content (AvgIpc) is 2.90. The number of carboxylic acid groups (broad SMARTS) is 1. The zero-order valence-electron chi connectivity index (χ0n) is 13.4.